The molecule has 4 nitrogen and oxygen atoms in total. The first-order valence-corrected chi connectivity index (χ1v) is 7.18. The molecule has 1 unspecified atom stereocenters. The predicted octanol–water partition coefficient (Wildman–Crippen LogP) is 1.83. The van der Waals surface area contributed by atoms with Crippen molar-refractivity contribution in [1.82, 2.24) is 10.6 Å². The third-order valence-electron chi connectivity index (χ3n) is 3.62. The zero-order valence-corrected chi connectivity index (χ0v) is 12.3. The molecule has 0 bridgehead atoms. The summed E-state index contributed by atoms with van der Waals surface area (Å²) >= 11 is 0. The topological polar surface area (TPSA) is 46.4 Å². The molecule has 2 rings (SSSR count). The average molecular weight is 266 g/mol. The Morgan fingerprint density at radius 1 is 1.42 bits per heavy atom. The lowest BCUT2D eigenvalue weighted by Gasteiger charge is -2.26. The van der Waals surface area contributed by atoms with E-state index in [-0.39, 0.29) is 5.41 Å². The standard InChI is InChI=1S/C15H26N2O2/c1-12-4-5-14(19-12)15(2,3)11-17-7-6-13-10-16-8-9-18-13/h4-5,13,16-17H,6-11H2,1-3H3. The molecule has 1 aliphatic heterocycles. The Kier molecular flexibility index (Phi) is 5.02. The molecule has 2 N–H and O–H groups in total. The van der Waals surface area contributed by atoms with Crippen molar-refractivity contribution in [3.05, 3.63) is 23.7 Å². The fourth-order valence-electron chi connectivity index (χ4n) is 2.35. The van der Waals surface area contributed by atoms with Crippen LogP contribution in [-0.4, -0.2) is 38.9 Å². The molecule has 1 saturated heterocycles. The highest BCUT2D eigenvalue weighted by atomic mass is 16.5. The van der Waals surface area contributed by atoms with Gasteiger partial charge in [0, 0.05) is 25.0 Å². The maximum absolute atomic E-state index is 5.72. The first kappa shape index (κ1) is 14.6. The molecular weight excluding hydrogens is 240 g/mol. The largest absolute Gasteiger partial charge is 0.466 e. The van der Waals surface area contributed by atoms with Crippen molar-refractivity contribution in [2.75, 3.05) is 32.8 Å². The van der Waals surface area contributed by atoms with Crippen LogP contribution in [0, 0.1) is 6.92 Å². The molecule has 4 heteroatoms. The highest BCUT2D eigenvalue weighted by Gasteiger charge is 2.24. The Hall–Kier alpha value is -0.840. The Balaban J connectivity index is 1.69. The zero-order chi connectivity index (χ0) is 13.7. The Morgan fingerprint density at radius 3 is 2.89 bits per heavy atom. The molecule has 1 fully saturated rings. The van der Waals surface area contributed by atoms with Crippen molar-refractivity contribution in [3.8, 4) is 0 Å². The summed E-state index contributed by atoms with van der Waals surface area (Å²) in [6.45, 7) is 11.1. The second-order valence-electron chi connectivity index (χ2n) is 5.96. The Morgan fingerprint density at radius 2 is 2.26 bits per heavy atom. The minimum Gasteiger partial charge on any atom is -0.466 e. The van der Waals surface area contributed by atoms with Gasteiger partial charge in [-0.1, -0.05) is 13.8 Å². The molecule has 1 aromatic heterocycles. The molecular formula is C15H26N2O2. The predicted molar refractivity (Wildman–Crippen MR) is 76.6 cm³/mol. The third-order valence-corrected chi connectivity index (χ3v) is 3.62. The number of furan rings is 1. The van der Waals surface area contributed by atoms with Crippen LogP contribution in [0.15, 0.2) is 16.5 Å². The summed E-state index contributed by atoms with van der Waals surface area (Å²) in [4.78, 5) is 0. The SMILES string of the molecule is Cc1ccc(C(C)(C)CNCCC2CNCCO2)o1. The summed E-state index contributed by atoms with van der Waals surface area (Å²) in [5.41, 5.74) is 0.0277. The summed E-state index contributed by atoms with van der Waals surface area (Å²) in [6, 6.07) is 4.10. The van der Waals surface area contributed by atoms with E-state index in [0.717, 1.165) is 50.7 Å². The Labute approximate surface area is 115 Å². The van der Waals surface area contributed by atoms with E-state index in [1.54, 1.807) is 0 Å². The lowest BCUT2D eigenvalue weighted by atomic mass is 9.90. The molecule has 1 aliphatic rings. The quantitative estimate of drug-likeness (QED) is 0.771. The van der Waals surface area contributed by atoms with Crippen molar-refractivity contribution in [3.63, 3.8) is 0 Å². The van der Waals surface area contributed by atoms with Crippen LogP contribution < -0.4 is 10.6 Å². The first-order valence-electron chi connectivity index (χ1n) is 7.18. The van der Waals surface area contributed by atoms with E-state index in [9.17, 15) is 0 Å². The van der Waals surface area contributed by atoms with Gasteiger partial charge in [-0.3, -0.25) is 0 Å². The zero-order valence-electron chi connectivity index (χ0n) is 12.3. The molecule has 0 aliphatic carbocycles. The van der Waals surface area contributed by atoms with E-state index in [1.165, 1.54) is 0 Å². The number of nitrogens with one attached hydrogen (secondary N) is 2. The van der Waals surface area contributed by atoms with Crippen molar-refractivity contribution in [2.45, 2.75) is 38.7 Å². The van der Waals surface area contributed by atoms with Gasteiger partial charge in [-0.2, -0.15) is 0 Å². The maximum Gasteiger partial charge on any atom is 0.111 e. The number of hydrogen-bond acceptors (Lipinski definition) is 4. The molecule has 1 aromatic rings. The van der Waals surface area contributed by atoms with E-state index in [4.69, 9.17) is 9.15 Å². The van der Waals surface area contributed by atoms with E-state index in [0.29, 0.717) is 6.10 Å². The van der Waals surface area contributed by atoms with Crippen LogP contribution in [-0.2, 0) is 10.2 Å². The average Bonchev–Trinajstić information content (AvgIpc) is 2.84. The molecule has 108 valence electrons. The van der Waals surface area contributed by atoms with Crippen molar-refractivity contribution < 1.29 is 9.15 Å². The molecule has 1 atom stereocenters. The van der Waals surface area contributed by atoms with Gasteiger partial charge in [-0.05, 0) is 32.0 Å². The van der Waals surface area contributed by atoms with E-state index < -0.39 is 0 Å². The third kappa shape index (κ3) is 4.34. The highest BCUT2D eigenvalue weighted by molar-refractivity contribution is 5.15. The number of morpholine rings is 1. The normalized spacial score (nSPS) is 20.7. The summed E-state index contributed by atoms with van der Waals surface area (Å²) in [7, 11) is 0. The van der Waals surface area contributed by atoms with Gasteiger partial charge < -0.3 is 19.8 Å². The molecule has 19 heavy (non-hydrogen) atoms. The van der Waals surface area contributed by atoms with Crippen LogP contribution in [0.3, 0.4) is 0 Å². The minimum absolute atomic E-state index is 0.0277. The number of ether oxygens (including phenoxy) is 1. The fourth-order valence-corrected chi connectivity index (χ4v) is 2.35. The summed E-state index contributed by atoms with van der Waals surface area (Å²) < 4.78 is 11.4. The fraction of sp³-hybridized carbons (Fsp3) is 0.733. The van der Waals surface area contributed by atoms with Crippen LogP contribution in [0.5, 0.6) is 0 Å². The van der Waals surface area contributed by atoms with Crippen molar-refractivity contribution in [2.24, 2.45) is 0 Å². The number of hydrogen-bond donors (Lipinski definition) is 2. The molecule has 0 amide bonds. The van der Waals surface area contributed by atoms with Crippen LogP contribution in [0.2, 0.25) is 0 Å². The second-order valence-corrected chi connectivity index (χ2v) is 5.96. The Bertz CT molecular complexity index is 381. The van der Waals surface area contributed by atoms with Crippen LogP contribution in [0.1, 0.15) is 31.8 Å². The van der Waals surface area contributed by atoms with Gasteiger partial charge in [0.05, 0.1) is 12.7 Å². The molecule has 0 spiro atoms. The lowest BCUT2D eigenvalue weighted by molar-refractivity contribution is 0.0237. The smallest absolute Gasteiger partial charge is 0.111 e. The molecule has 0 radical (unpaired) electrons. The molecule has 0 aromatic carbocycles. The maximum atomic E-state index is 5.72. The van der Waals surface area contributed by atoms with Crippen molar-refractivity contribution in [1.29, 1.82) is 0 Å². The van der Waals surface area contributed by atoms with Crippen LogP contribution in [0.4, 0.5) is 0 Å². The van der Waals surface area contributed by atoms with Gasteiger partial charge in [-0.15, -0.1) is 0 Å². The van der Waals surface area contributed by atoms with Gasteiger partial charge >= 0.3 is 0 Å². The monoisotopic (exact) mass is 266 g/mol. The van der Waals surface area contributed by atoms with E-state index in [2.05, 4.69) is 30.5 Å². The summed E-state index contributed by atoms with van der Waals surface area (Å²) in [5, 5.41) is 6.87. The second kappa shape index (κ2) is 6.55. The number of aryl methyl sites for hydroxylation is 1. The minimum atomic E-state index is 0.0277. The lowest BCUT2D eigenvalue weighted by Crippen LogP contribution is -2.41. The van der Waals surface area contributed by atoms with Gasteiger partial charge in [0.15, 0.2) is 0 Å². The van der Waals surface area contributed by atoms with Crippen molar-refractivity contribution >= 4 is 0 Å². The molecule has 2 heterocycles. The summed E-state index contributed by atoms with van der Waals surface area (Å²) in [5.74, 6) is 2.03. The van der Waals surface area contributed by atoms with Crippen LogP contribution >= 0.6 is 0 Å². The highest BCUT2D eigenvalue weighted by Crippen LogP contribution is 2.24. The molecule has 0 saturated carbocycles. The van der Waals surface area contributed by atoms with E-state index in [1.807, 2.05) is 13.0 Å². The number of rotatable bonds is 6. The summed E-state index contributed by atoms with van der Waals surface area (Å²) in [6.07, 6.45) is 1.41. The van der Waals surface area contributed by atoms with Gasteiger partial charge in [-0.25, -0.2) is 0 Å². The van der Waals surface area contributed by atoms with Gasteiger partial charge in [0.25, 0.3) is 0 Å². The van der Waals surface area contributed by atoms with Gasteiger partial charge in [0.1, 0.15) is 11.5 Å². The van der Waals surface area contributed by atoms with Crippen LogP contribution in [0.25, 0.3) is 0 Å². The first-order chi connectivity index (χ1) is 9.08. The van der Waals surface area contributed by atoms with Gasteiger partial charge in [0.2, 0.25) is 0 Å². The van der Waals surface area contributed by atoms with E-state index >= 15 is 0 Å².